The van der Waals surface area contributed by atoms with Crippen LogP contribution in [0, 0.1) is 0 Å². The lowest BCUT2D eigenvalue weighted by Crippen LogP contribution is -2.41. The van der Waals surface area contributed by atoms with E-state index in [1.54, 1.807) is 20.8 Å². The summed E-state index contributed by atoms with van der Waals surface area (Å²) in [5.41, 5.74) is -1.20. The average Bonchev–Trinajstić information content (AvgIpc) is 2.92. The fourth-order valence-electron chi connectivity index (χ4n) is 3.38. The third-order valence-electron chi connectivity index (χ3n) is 6.43. The van der Waals surface area contributed by atoms with Gasteiger partial charge in [-0.1, -0.05) is 27.7 Å². The van der Waals surface area contributed by atoms with Crippen LogP contribution < -0.4 is 0 Å². The zero-order valence-corrected chi connectivity index (χ0v) is 21.0. The second-order valence-corrected chi connectivity index (χ2v) is 13.0. The first-order valence-corrected chi connectivity index (χ1v) is 13.9. The topological polar surface area (TPSA) is 143 Å². The van der Waals surface area contributed by atoms with Gasteiger partial charge in [0, 0.05) is 12.4 Å². The van der Waals surface area contributed by atoms with Crippen molar-refractivity contribution in [3.05, 3.63) is 0 Å². The molecule has 31 heavy (non-hydrogen) atoms. The minimum absolute atomic E-state index is 0.00105. The Morgan fingerprint density at radius 2 is 1.48 bits per heavy atom. The van der Waals surface area contributed by atoms with E-state index in [1.807, 2.05) is 0 Å². The molecule has 0 aromatic carbocycles. The molecule has 9 nitrogen and oxygen atoms in total. The van der Waals surface area contributed by atoms with Crippen molar-refractivity contribution in [2.45, 2.75) is 114 Å². The van der Waals surface area contributed by atoms with Crippen molar-refractivity contribution in [1.29, 1.82) is 0 Å². The molecule has 0 saturated carbocycles. The van der Waals surface area contributed by atoms with Gasteiger partial charge in [0.2, 0.25) is 7.57 Å². The molecular weight excluding hydrogens is 444 g/mol. The quantitative estimate of drug-likeness (QED) is 0.245. The molecule has 1 rings (SSSR count). The Kier molecular flexibility index (Phi) is 9.74. The van der Waals surface area contributed by atoms with Gasteiger partial charge in [-0.3, -0.25) is 9.09 Å². The van der Waals surface area contributed by atoms with Gasteiger partial charge in [-0.2, -0.15) is 0 Å². The lowest BCUT2D eigenvalue weighted by Gasteiger charge is -2.44. The smallest absolute Gasteiger partial charge is 0.360 e. The molecule has 0 bridgehead atoms. The van der Waals surface area contributed by atoms with Crippen LogP contribution >= 0.6 is 14.8 Å². The lowest BCUT2D eigenvalue weighted by atomic mass is 9.90. The highest BCUT2D eigenvalue weighted by atomic mass is 31.2. The van der Waals surface area contributed by atoms with Crippen molar-refractivity contribution in [3.8, 4) is 0 Å². The molecule has 178 valence electrons. The van der Waals surface area contributed by atoms with Gasteiger partial charge in [-0.25, -0.2) is 0 Å². The largest absolute Gasteiger partial charge is 0.388 e. The van der Waals surface area contributed by atoms with Gasteiger partial charge in [0.15, 0.2) is 12.6 Å². The standard InChI is InChI=1S/C18H36B2O9P2/c1-7-16(5,11-12-13(21)14(22)15(19)27-12)28-30(20,24)17(6,8-2)29-31(25,26)18(23,9-3)10-4/h12-15,21-23H,7-11H2,1-6H3,(H,25,26)/t12-,13-,14-,15-,16-,17?,30?/m1/s1. The number of aliphatic hydroxyl groups excluding tert-OH is 2. The summed E-state index contributed by atoms with van der Waals surface area (Å²) in [5, 5.41) is 26.6. The Balaban J connectivity index is 3.17. The molecule has 1 fully saturated rings. The SMILES string of the molecule is [B][C@@H]1O[C@H](C[C@@](C)(CC)OP([B])(=O)C(C)(CC)OP(=O)(O)C(O)(CC)CC)[C@@H](O)[C@H]1O. The van der Waals surface area contributed by atoms with Gasteiger partial charge in [-0.05, 0) is 39.5 Å². The van der Waals surface area contributed by atoms with Gasteiger partial charge >= 0.3 is 7.60 Å². The minimum atomic E-state index is -4.67. The van der Waals surface area contributed by atoms with E-state index in [0.29, 0.717) is 0 Å². The summed E-state index contributed by atoms with van der Waals surface area (Å²) in [6.07, 6.45) is -3.30. The first kappa shape index (κ1) is 29.3. The van der Waals surface area contributed by atoms with Crippen molar-refractivity contribution in [1.82, 2.24) is 0 Å². The number of hydrogen-bond acceptors (Lipinski definition) is 8. The maximum atomic E-state index is 13.5. The summed E-state index contributed by atoms with van der Waals surface area (Å²) in [7, 11) is 2.79. The molecule has 4 radical (unpaired) electrons. The predicted octanol–water partition coefficient (Wildman–Crippen LogP) is 2.38. The van der Waals surface area contributed by atoms with E-state index in [9.17, 15) is 29.3 Å². The summed E-state index contributed by atoms with van der Waals surface area (Å²) in [6.45, 7) is 9.30. The predicted molar refractivity (Wildman–Crippen MR) is 119 cm³/mol. The third-order valence-corrected chi connectivity index (χ3v) is 11.3. The van der Waals surface area contributed by atoms with Crippen molar-refractivity contribution < 1.29 is 43.1 Å². The van der Waals surface area contributed by atoms with E-state index in [2.05, 4.69) is 0 Å². The zero-order chi connectivity index (χ0) is 24.5. The third kappa shape index (κ3) is 6.06. The average molecular weight is 480 g/mol. The fourth-order valence-corrected chi connectivity index (χ4v) is 7.30. The van der Waals surface area contributed by atoms with Crippen LogP contribution in [0.2, 0.25) is 0 Å². The molecule has 4 N–H and O–H groups in total. The first-order valence-electron chi connectivity index (χ1n) is 10.6. The number of aliphatic hydroxyl groups is 3. The molecule has 3 unspecified atom stereocenters. The van der Waals surface area contributed by atoms with E-state index in [0.717, 1.165) is 0 Å². The second kappa shape index (κ2) is 10.3. The van der Waals surface area contributed by atoms with Crippen LogP contribution in [0.5, 0.6) is 0 Å². The Morgan fingerprint density at radius 1 is 0.968 bits per heavy atom. The van der Waals surface area contributed by atoms with Crippen LogP contribution in [0.1, 0.15) is 73.6 Å². The van der Waals surface area contributed by atoms with Crippen molar-refractivity contribution >= 4 is 30.3 Å². The molecule has 0 spiro atoms. The van der Waals surface area contributed by atoms with Crippen LogP contribution in [-0.4, -0.2) is 76.2 Å². The molecule has 0 aliphatic carbocycles. The van der Waals surface area contributed by atoms with Crippen molar-refractivity contribution in [2.75, 3.05) is 0 Å². The molecule has 0 amide bonds. The Hall–Kier alpha value is 0.310. The monoisotopic (exact) mass is 480 g/mol. The summed E-state index contributed by atoms with van der Waals surface area (Å²) in [6, 6.07) is -1.07. The summed E-state index contributed by atoms with van der Waals surface area (Å²) < 4.78 is 43.1. The van der Waals surface area contributed by atoms with E-state index in [4.69, 9.17) is 29.2 Å². The molecule has 1 aliphatic rings. The summed E-state index contributed by atoms with van der Waals surface area (Å²) in [5.74, 6) is 0. The van der Waals surface area contributed by atoms with E-state index in [1.165, 1.54) is 20.8 Å². The molecule has 0 aromatic rings. The van der Waals surface area contributed by atoms with Crippen LogP contribution in [0.15, 0.2) is 0 Å². The van der Waals surface area contributed by atoms with Crippen LogP contribution in [-0.2, 0) is 22.9 Å². The van der Waals surface area contributed by atoms with Crippen LogP contribution in [0.25, 0.3) is 0 Å². The maximum absolute atomic E-state index is 13.5. The molecule has 8 atom stereocenters. The van der Waals surface area contributed by atoms with Gasteiger partial charge in [0.25, 0.3) is 0 Å². The molecule has 13 heteroatoms. The van der Waals surface area contributed by atoms with Crippen molar-refractivity contribution in [2.24, 2.45) is 0 Å². The van der Waals surface area contributed by atoms with E-state index in [-0.39, 0.29) is 32.1 Å². The Morgan fingerprint density at radius 3 is 1.84 bits per heavy atom. The fraction of sp³-hybridized carbons (Fsp3) is 1.00. The lowest BCUT2D eigenvalue weighted by molar-refractivity contribution is -0.0364. The minimum Gasteiger partial charge on any atom is -0.388 e. The van der Waals surface area contributed by atoms with Gasteiger partial charge in [-0.15, -0.1) is 0 Å². The first-order chi connectivity index (χ1) is 14.0. The van der Waals surface area contributed by atoms with Crippen LogP contribution in [0.4, 0.5) is 0 Å². The molecule has 0 aromatic heterocycles. The van der Waals surface area contributed by atoms with E-state index >= 15 is 0 Å². The Bertz CT molecular complexity index is 708. The maximum Gasteiger partial charge on any atom is 0.360 e. The molecule has 1 aliphatic heterocycles. The van der Waals surface area contributed by atoms with E-state index < -0.39 is 55.4 Å². The normalized spacial score (nSPS) is 32.6. The van der Waals surface area contributed by atoms with Crippen molar-refractivity contribution in [3.63, 3.8) is 0 Å². The highest BCUT2D eigenvalue weighted by Gasteiger charge is 2.54. The van der Waals surface area contributed by atoms with Crippen LogP contribution in [0.3, 0.4) is 0 Å². The number of rotatable bonds is 12. The van der Waals surface area contributed by atoms with Gasteiger partial charge in [0.05, 0.1) is 17.8 Å². The molecule has 1 saturated heterocycles. The second-order valence-electron chi connectivity index (χ2n) is 8.65. The zero-order valence-electron chi connectivity index (χ0n) is 19.2. The van der Waals surface area contributed by atoms with Gasteiger partial charge in [0.1, 0.15) is 19.3 Å². The highest BCUT2D eigenvalue weighted by molar-refractivity contribution is 7.84. The number of hydrogen-bond donors (Lipinski definition) is 4. The van der Waals surface area contributed by atoms with Gasteiger partial charge < -0.3 is 34.0 Å². The summed E-state index contributed by atoms with van der Waals surface area (Å²) >= 11 is 0. The highest BCUT2D eigenvalue weighted by Crippen LogP contribution is 2.69. The molecule has 1 heterocycles. The Labute approximate surface area is 188 Å². The molecular formula is C18H36B2O9P2. The number of ether oxygens (including phenoxy) is 1. The summed E-state index contributed by atoms with van der Waals surface area (Å²) in [4.78, 5) is 10.5.